The summed E-state index contributed by atoms with van der Waals surface area (Å²) in [7, 11) is 1.63. The molecule has 8 nitrogen and oxygen atoms in total. The van der Waals surface area contributed by atoms with Gasteiger partial charge in [-0.3, -0.25) is 14.5 Å². The van der Waals surface area contributed by atoms with E-state index in [-0.39, 0.29) is 18.6 Å². The van der Waals surface area contributed by atoms with E-state index in [1.165, 1.54) is 6.92 Å². The molecule has 176 valence electrons. The molecule has 0 saturated carbocycles. The molecule has 2 aromatic carbocycles. The van der Waals surface area contributed by atoms with Crippen molar-refractivity contribution in [2.45, 2.75) is 24.4 Å². The second-order valence-corrected chi connectivity index (χ2v) is 9.12. The zero-order valence-electron chi connectivity index (χ0n) is 18.9. The molecule has 0 spiro atoms. The van der Waals surface area contributed by atoms with Gasteiger partial charge in [0.25, 0.3) is 0 Å². The summed E-state index contributed by atoms with van der Waals surface area (Å²) < 4.78 is 16.0. The summed E-state index contributed by atoms with van der Waals surface area (Å²) in [5.41, 5.74) is 1.16. The van der Waals surface area contributed by atoms with E-state index in [1.54, 1.807) is 18.9 Å². The number of hydrogen-bond acceptors (Lipinski definition) is 7. The van der Waals surface area contributed by atoms with Gasteiger partial charge < -0.3 is 24.4 Å². The molecule has 4 rings (SSSR count). The Kier molecular flexibility index (Phi) is 7.61. The third-order valence-corrected chi connectivity index (χ3v) is 6.78. The van der Waals surface area contributed by atoms with Crippen molar-refractivity contribution in [2.75, 3.05) is 45.8 Å². The lowest BCUT2D eigenvalue weighted by atomic mass is 10.1. The van der Waals surface area contributed by atoms with E-state index in [0.29, 0.717) is 18.8 Å². The van der Waals surface area contributed by atoms with Crippen LogP contribution in [0, 0.1) is 0 Å². The summed E-state index contributed by atoms with van der Waals surface area (Å²) in [6.45, 7) is 5.32. The van der Waals surface area contributed by atoms with Gasteiger partial charge in [-0.2, -0.15) is 0 Å². The molecule has 1 fully saturated rings. The molecule has 0 bridgehead atoms. The minimum atomic E-state index is -0.560. The van der Waals surface area contributed by atoms with Crippen LogP contribution in [0.4, 0.5) is 0 Å². The molecule has 1 saturated heterocycles. The average Bonchev–Trinajstić information content (AvgIpc) is 3.30. The van der Waals surface area contributed by atoms with E-state index < -0.39 is 6.04 Å². The van der Waals surface area contributed by atoms with Crippen molar-refractivity contribution in [3.8, 4) is 17.2 Å². The van der Waals surface area contributed by atoms with Gasteiger partial charge in [-0.25, -0.2) is 0 Å². The molecule has 1 atom stereocenters. The Bertz CT molecular complexity index is 977. The van der Waals surface area contributed by atoms with E-state index in [0.717, 1.165) is 47.3 Å². The smallest absolute Gasteiger partial charge is 0.246 e. The maximum Gasteiger partial charge on any atom is 0.246 e. The Morgan fingerprint density at radius 2 is 1.79 bits per heavy atom. The third kappa shape index (κ3) is 6.11. The highest BCUT2D eigenvalue weighted by atomic mass is 32.2. The number of nitrogens with zero attached hydrogens (tertiary/aromatic N) is 2. The molecule has 2 aliphatic rings. The van der Waals surface area contributed by atoms with Crippen molar-refractivity contribution in [3.05, 3.63) is 48.0 Å². The highest BCUT2D eigenvalue weighted by Gasteiger charge is 2.28. The van der Waals surface area contributed by atoms with E-state index in [4.69, 9.17) is 14.2 Å². The lowest BCUT2D eigenvalue weighted by Gasteiger charge is -2.36. The van der Waals surface area contributed by atoms with Crippen LogP contribution in [0.25, 0.3) is 0 Å². The molecule has 2 heterocycles. The van der Waals surface area contributed by atoms with Gasteiger partial charge in [0.15, 0.2) is 11.5 Å². The highest BCUT2D eigenvalue weighted by Crippen LogP contribution is 2.33. The lowest BCUT2D eigenvalue weighted by Crippen LogP contribution is -2.55. The van der Waals surface area contributed by atoms with Crippen molar-refractivity contribution in [3.63, 3.8) is 0 Å². The lowest BCUT2D eigenvalue weighted by molar-refractivity contribution is -0.137. The van der Waals surface area contributed by atoms with Crippen LogP contribution < -0.4 is 19.5 Å². The van der Waals surface area contributed by atoms with Crippen LogP contribution in [0.5, 0.6) is 17.2 Å². The number of amides is 2. The Morgan fingerprint density at radius 1 is 1.06 bits per heavy atom. The molecular weight excluding hydrogens is 442 g/mol. The first kappa shape index (κ1) is 23.3. The Balaban J connectivity index is 1.30. The second kappa shape index (κ2) is 10.8. The average molecular weight is 472 g/mol. The Labute approximate surface area is 198 Å². The van der Waals surface area contributed by atoms with E-state index in [1.807, 2.05) is 47.4 Å². The number of ether oxygens (including phenoxy) is 3. The standard InChI is InChI=1S/C24H29N3O5S/c1-17(28)25-21(15-33-20-6-4-19(30-2)5-7-20)24(29)27-11-9-26(10-12-27)14-18-3-8-22-23(13-18)32-16-31-22/h3-8,13,21H,9-12,14-16H2,1-2H3,(H,25,28). The molecule has 9 heteroatoms. The largest absolute Gasteiger partial charge is 0.497 e. The molecule has 1 unspecified atom stereocenters. The molecular formula is C24H29N3O5S. The SMILES string of the molecule is COc1ccc(SCC(NC(C)=O)C(=O)N2CCN(Cc3ccc4c(c3)OCO4)CC2)cc1. The number of rotatable bonds is 8. The van der Waals surface area contributed by atoms with Gasteiger partial charge in [-0.1, -0.05) is 6.07 Å². The summed E-state index contributed by atoms with van der Waals surface area (Å²) in [6, 6.07) is 13.1. The third-order valence-electron chi connectivity index (χ3n) is 5.68. The molecule has 1 N–H and O–H groups in total. The summed E-state index contributed by atoms with van der Waals surface area (Å²) in [5, 5.41) is 2.83. The molecule has 2 aromatic rings. The van der Waals surface area contributed by atoms with Gasteiger partial charge in [-0.05, 0) is 42.0 Å². The number of hydrogen-bond donors (Lipinski definition) is 1. The van der Waals surface area contributed by atoms with Crippen LogP contribution in [0.1, 0.15) is 12.5 Å². The van der Waals surface area contributed by atoms with E-state index >= 15 is 0 Å². The Morgan fingerprint density at radius 3 is 2.48 bits per heavy atom. The molecule has 0 aromatic heterocycles. The number of thioether (sulfide) groups is 1. The number of piperazine rings is 1. The van der Waals surface area contributed by atoms with Crippen molar-refractivity contribution in [1.82, 2.24) is 15.1 Å². The van der Waals surface area contributed by atoms with Crippen LogP contribution in [-0.2, 0) is 16.1 Å². The summed E-state index contributed by atoms with van der Waals surface area (Å²) >= 11 is 1.54. The van der Waals surface area contributed by atoms with Crippen LogP contribution in [0.15, 0.2) is 47.4 Å². The topological polar surface area (TPSA) is 80.3 Å². The molecule has 0 radical (unpaired) electrons. The predicted octanol–water partition coefficient (Wildman–Crippen LogP) is 2.37. The summed E-state index contributed by atoms with van der Waals surface area (Å²) in [5.74, 6) is 2.59. The number of methoxy groups -OCH3 is 1. The normalized spacial score (nSPS) is 16.4. The van der Waals surface area contributed by atoms with Gasteiger partial charge in [0.2, 0.25) is 18.6 Å². The van der Waals surface area contributed by atoms with Crippen LogP contribution >= 0.6 is 11.8 Å². The van der Waals surface area contributed by atoms with Crippen molar-refractivity contribution in [2.24, 2.45) is 0 Å². The molecule has 2 amide bonds. The number of carbonyl (C=O) groups excluding carboxylic acids is 2. The van der Waals surface area contributed by atoms with Gasteiger partial charge >= 0.3 is 0 Å². The summed E-state index contributed by atoms with van der Waals surface area (Å²) in [6.07, 6.45) is 0. The first-order chi connectivity index (χ1) is 16.0. The molecule has 33 heavy (non-hydrogen) atoms. The molecule has 0 aliphatic carbocycles. The molecule has 2 aliphatic heterocycles. The number of nitrogens with one attached hydrogen (secondary N) is 1. The van der Waals surface area contributed by atoms with Gasteiger partial charge in [0.05, 0.1) is 7.11 Å². The first-order valence-corrected chi connectivity index (χ1v) is 11.9. The van der Waals surface area contributed by atoms with E-state index in [2.05, 4.69) is 10.2 Å². The number of carbonyl (C=O) groups is 2. The maximum atomic E-state index is 13.2. The highest BCUT2D eigenvalue weighted by molar-refractivity contribution is 7.99. The zero-order chi connectivity index (χ0) is 23.2. The number of fused-ring (bicyclic) bond motifs is 1. The van der Waals surface area contributed by atoms with Crippen LogP contribution in [0.2, 0.25) is 0 Å². The predicted molar refractivity (Wildman–Crippen MR) is 126 cm³/mol. The quantitative estimate of drug-likeness (QED) is 0.592. The van der Waals surface area contributed by atoms with Gasteiger partial charge in [0.1, 0.15) is 11.8 Å². The van der Waals surface area contributed by atoms with Crippen molar-refractivity contribution >= 4 is 23.6 Å². The number of benzene rings is 2. The van der Waals surface area contributed by atoms with Gasteiger partial charge in [0, 0.05) is 50.3 Å². The van der Waals surface area contributed by atoms with Gasteiger partial charge in [-0.15, -0.1) is 11.8 Å². The fourth-order valence-electron chi connectivity index (χ4n) is 3.92. The fourth-order valence-corrected chi connectivity index (χ4v) is 4.83. The summed E-state index contributed by atoms with van der Waals surface area (Å²) in [4.78, 5) is 30.1. The second-order valence-electron chi connectivity index (χ2n) is 8.03. The zero-order valence-corrected chi connectivity index (χ0v) is 19.7. The minimum absolute atomic E-state index is 0.0334. The van der Waals surface area contributed by atoms with E-state index in [9.17, 15) is 9.59 Å². The minimum Gasteiger partial charge on any atom is -0.497 e. The maximum absolute atomic E-state index is 13.2. The Hall–Kier alpha value is -2.91. The van der Waals surface area contributed by atoms with Crippen LogP contribution in [-0.4, -0.2) is 73.5 Å². The monoisotopic (exact) mass is 471 g/mol. The van der Waals surface area contributed by atoms with Crippen molar-refractivity contribution < 1.29 is 23.8 Å². The first-order valence-electron chi connectivity index (χ1n) is 11.0. The fraction of sp³-hybridized carbons (Fsp3) is 0.417. The van der Waals surface area contributed by atoms with Crippen LogP contribution in [0.3, 0.4) is 0 Å². The van der Waals surface area contributed by atoms with Crippen molar-refractivity contribution in [1.29, 1.82) is 0 Å².